The Labute approximate surface area is 114 Å². The van der Waals surface area contributed by atoms with E-state index in [2.05, 4.69) is 0 Å². The van der Waals surface area contributed by atoms with Gasteiger partial charge in [-0.25, -0.2) is 8.78 Å². The van der Waals surface area contributed by atoms with Crippen LogP contribution in [-0.2, 0) is 13.2 Å². The molecule has 0 unspecified atom stereocenters. The minimum Gasteiger partial charge on any atom is -0.487 e. The lowest BCUT2D eigenvalue weighted by Crippen LogP contribution is -2.04. The molecule has 0 bridgehead atoms. The van der Waals surface area contributed by atoms with E-state index in [1.165, 1.54) is 0 Å². The first-order valence-electron chi connectivity index (χ1n) is 5.66. The summed E-state index contributed by atoms with van der Waals surface area (Å²) < 4.78 is 31.9. The molecule has 5 heteroatoms. The fraction of sp³-hybridized carbons (Fsp3) is 0.143. The third kappa shape index (κ3) is 3.22. The highest BCUT2D eigenvalue weighted by Gasteiger charge is 2.10. The molecule has 2 rings (SSSR count). The van der Waals surface area contributed by atoms with Gasteiger partial charge in [-0.15, -0.1) is 0 Å². The van der Waals surface area contributed by atoms with Crippen molar-refractivity contribution >= 4 is 11.6 Å². The van der Waals surface area contributed by atoms with Crippen molar-refractivity contribution in [2.75, 3.05) is 0 Å². The van der Waals surface area contributed by atoms with Gasteiger partial charge in [0.1, 0.15) is 24.0 Å². The minimum absolute atomic E-state index is 0.111. The number of para-hydroxylation sites is 1. The lowest BCUT2D eigenvalue weighted by Gasteiger charge is -2.12. The average molecular weight is 284 g/mol. The smallest absolute Gasteiger partial charge is 0.142 e. The maximum Gasteiger partial charge on any atom is 0.142 e. The van der Waals surface area contributed by atoms with Crippen molar-refractivity contribution < 1.29 is 13.5 Å². The minimum atomic E-state index is -0.525. The van der Waals surface area contributed by atoms with Gasteiger partial charge in [0.15, 0.2) is 0 Å². The van der Waals surface area contributed by atoms with Crippen LogP contribution in [-0.4, -0.2) is 0 Å². The van der Waals surface area contributed by atoms with E-state index in [-0.39, 0.29) is 18.7 Å². The summed E-state index contributed by atoms with van der Waals surface area (Å²) in [7, 11) is 0. The third-order valence-corrected chi connectivity index (χ3v) is 2.95. The number of ether oxygens (including phenoxy) is 1. The van der Waals surface area contributed by atoms with E-state index >= 15 is 0 Å². The van der Waals surface area contributed by atoms with Crippen LogP contribution in [0.3, 0.4) is 0 Å². The summed E-state index contributed by atoms with van der Waals surface area (Å²) in [5, 5.41) is 0.389. The molecule has 2 nitrogen and oxygen atoms in total. The molecular weight excluding hydrogens is 272 g/mol. The summed E-state index contributed by atoms with van der Waals surface area (Å²) >= 11 is 6.00. The number of hydrogen-bond acceptors (Lipinski definition) is 2. The van der Waals surface area contributed by atoms with Crippen molar-refractivity contribution in [3.8, 4) is 5.75 Å². The molecule has 0 heterocycles. The fourth-order valence-corrected chi connectivity index (χ4v) is 1.93. The summed E-state index contributed by atoms with van der Waals surface area (Å²) in [5.74, 6) is -0.642. The van der Waals surface area contributed by atoms with Gasteiger partial charge in [-0.2, -0.15) is 0 Å². The van der Waals surface area contributed by atoms with E-state index in [4.69, 9.17) is 22.1 Å². The van der Waals surface area contributed by atoms with Gasteiger partial charge in [0.2, 0.25) is 0 Å². The lowest BCUT2D eigenvalue weighted by molar-refractivity contribution is 0.296. The molecule has 0 radical (unpaired) electrons. The summed E-state index contributed by atoms with van der Waals surface area (Å²) in [4.78, 5) is 0. The van der Waals surface area contributed by atoms with Crippen molar-refractivity contribution in [2.45, 2.75) is 13.2 Å². The van der Waals surface area contributed by atoms with Gasteiger partial charge in [0.05, 0.1) is 5.02 Å². The van der Waals surface area contributed by atoms with Crippen molar-refractivity contribution in [1.82, 2.24) is 0 Å². The maximum absolute atomic E-state index is 13.5. The van der Waals surface area contributed by atoms with Crippen LogP contribution >= 0.6 is 11.6 Å². The SMILES string of the molecule is NCc1cccc(Cl)c1OCc1cc(F)ccc1F. The van der Waals surface area contributed by atoms with E-state index in [9.17, 15) is 8.78 Å². The van der Waals surface area contributed by atoms with Crippen LogP contribution < -0.4 is 10.5 Å². The van der Waals surface area contributed by atoms with Gasteiger partial charge in [0, 0.05) is 17.7 Å². The van der Waals surface area contributed by atoms with E-state index in [1.807, 2.05) is 0 Å². The van der Waals surface area contributed by atoms with Crippen LogP contribution in [0.1, 0.15) is 11.1 Å². The maximum atomic E-state index is 13.5. The molecule has 0 aliphatic heterocycles. The Morgan fingerprint density at radius 2 is 1.89 bits per heavy atom. The molecule has 0 aliphatic carbocycles. The van der Waals surface area contributed by atoms with Gasteiger partial charge in [-0.05, 0) is 24.3 Å². The van der Waals surface area contributed by atoms with Gasteiger partial charge < -0.3 is 10.5 Å². The summed E-state index contributed by atoms with van der Waals surface area (Å²) in [6.45, 7) is 0.141. The Balaban J connectivity index is 2.21. The topological polar surface area (TPSA) is 35.2 Å². The molecule has 2 aromatic carbocycles. The second-order valence-electron chi connectivity index (χ2n) is 3.96. The highest BCUT2D eigenvalue weighted by molar-refractivity contribution is 6.32. The highest BCUT2D eigenvalue weighted by Crippen LogP contribution is 2.29. The second kappa shape index (κ2) is 5.99. The largest absolute Gasteiger partial charge is 0.487 e. The highest BCUT2D eigenvalue weighted by atomic mass is 35.5. The van der Waals surface area contributed by atoms with Crippen LogP contribution in [0.4, 0.5) is 8.78 Å². The van der Waals surface area contributed by atoms with Crippen LogP contribution in [0.15, 0.2) is 36.4 Å². The standard InChI is InChI=1S/C14H12ClF2NO/c15-12-3-1-2-9(7-18)14(12)19-8-10-6-11(16)4-5-13(10)17/h1-6H,7-8,18H2. The van der Waals surface area contributed by atoms with Crippen LogP contribution in [0.25, 0.3) is 0 Å². The molecule has 19 heavy (non-hydrogen) atoms. The predicted molar refractivity (Wildman–Crippen MR) is 70.0 cm³/mol. The first kappa shape index (κ1) is 13.8. The van der Waals surface area contributed by atoms with Crippen molar-refractivity contribution in [1.29, 1.82) is 0 Å². The van der Waals surface area contributed by atoms with E-state index in [1.54, 1.807) is 18.2 Å². The molecule has 0 spiro atoms. The number of rotatable bonds is 4. The molecule has 0 saturated heterocycles. The normalized spacial score (nSPS) is 10.5. The van der Waals surface area contributed by atoms with Gasteiger partial charge >= 0.3 is 0 Å². The molecule has 2 N–H and O–H groups in total. The Morgan fingerprint density at radius 3 is 2.63 bits per heavy atom. The fourth-order valence-electron chi connectivity index (χ4n) is 1.68. The zero-order chi connectivity index (χ0) is 13.8. The molecule has 2 aromatic rings. The van der Waals surface area contributed by atoms with Crippen LogP contribution in [0, 0.1) is 11.6 Å². The predicted octanol–water partition coefficient (Wildman–Crippen LogP) is 3.66. The van der Waals surface area contributed by atoms with Gasteiger partial charge in [-0.3, -0.25) is 0 Å². The monoisotopic (exact) mass is 283 g/mol. The number of nitrogens with two attached hydrogens (primary N) is 1. The van der Waals surface area contributed by atoms with E-state index in [0.29, 0.717) is 16.3 Å². The Kier molecular flexibility index (Phi) is 4.35. The van der Waals surface area contributed by atoms with Crippen molar-refractivity contribution in [2.24, 2.45) is 5.73 Å². The van der Waals surface area contributed by atoms with Gasteiger partial charge in [-0.1, -0.05) is 23.7 Å². The first-order chi connectivity index (χ1) is 9.11. The Morgan fingerprint density at radius 1 is 1.11 bits per heavy atom. The second-order valence-corrected chi connectivity index (χ2v) is 4.36. The summed E-state index contributed by atoms with van der Waals surface area (Å²) in [6.07, 6.45) is 0. The zero-order valence-electron chi connectivity index (χ0n) is 10.00. The zero-order valence-corrected chi connectivity index (χ0v) is 10.8. The summed E-state index contributed by atoms with van der Waals surface area (Å²) in [6, 6.07) is 8.37. The average Bonchev–Trinajstić information content (AvgIpc) is 2.40. The van der Waals surface area contributed by atoms with E-state index in [0.717, 1.165) is 18.2 Å². The molecule has 100 valence electrons. The molecular formula is C14H12ClF2NO. The number of hydrogen-bond donors (Lipinski definition) is 1. The third-order valence-electron chi connectivity index (χ3n) is 2.65. The first-order valence-corrected chi connectivity index (χ1v) is 6.04. The Bertz CT molecular complexity index is 590. The quantitative estimate of drug-likeness (QED) is 0.929. The van der Waals surface area contributed by atoms with E-state index < -0.39 is 11.6 Å². The van der Waals surface area contributed by atoms with Gasteiger partial charge in [0.25, 0.3) is 0 Å². The lowest BCUT2D eigenvalue weighted by atomic mass is 10.2. The summed E-state index contributed by atoms with van der Waals surface area (Å²) in [5.41, 5.74) is 6.41. The molecule has 0 aliphatic rings. The van der Waals surface area contributed by atoms with Crippen LogP contribution in [0.2, 0.25) is 5.02 Å². The molecule has 0 saturated carbocycles. The molecule has 0 atom stereocenters. The molecule has 0 fully saturated rings. The van der Waals surface area contributed by atoms with Crippen LogP contribution in [0.5, 0.6) is 5.75 Å². The molecule has 0 aromatic heterocycles. The number of halogens is 3. The molecule has 0 amide bonds. The Hall–Kier alpha value is -1.65. The van der Waals surface area contributed by atoms with Crippen molar-refractivity contribution in [3.05, 3.63) is 64.2 Å². The van der Waals surface area contributed by atoms with Crippen molar-refractivity contribution in [3.63, 3.8) is 0 Å². The number of benzene rings is 2.